The number of carboxylic acid groups (broad SMARTS) is 1. The van der Waals surface area contributed by atoms with Gasteiger partial charge in [0.2, 0.25) is 0 Å². The first-order valence-corrected chi connectivity index (χ1v) is 7.75. The number of nitrogens with one attached hydrogen (secondary N) is 1. The first kappa shape index (κ1) is 15.8. The molecule has 1 heterocycles. The Kier molecular flexibility index (Phi) is 5.23. The van der Waals surface area contributed by atoms with Crippen LogP contribution in [-0.2, 0) is 11.2 Å². The van der Waals surface area contributed by atoms with Crippen molar-refractivity contribution >= 4 is 5.97 Å². The van der Waals surface area contributed by atoms with E-state index in [2.05, 4.69) is 18.3 Å². The number of hydrogen-bond acceptors (Lipinski definition) is 3. The Morgan fingerprint density at radius 2 is 2.19 bits per heavy atom. The average Bonchev–Trinajstić information content (AvgIpc) is 2.89. The monoisotopic (exact) mass is 291 g/mol. The SMILES string of the molecule is CCC(NC(CC(C)C)C(=O)O)c1ccc2c(c1)CCO2. The maximum atomic E-state index is 11.4. The van der Waals surface area contributed by atoms with Gasteiger partial charge in [-0.05, 0) is 36.0 Å². The summed E-state index contributed by atoms with van der Waals surface area (Å²) in [4.78, 5) is 11.4. The molecule has 4 nitrogen and oxygen atoms in total. The Morgan fingerprint density at radius 1 is 1.43 bits per heavy atom. The highest BCUT2D eigenvalue weighted by atomic mass is 16.5. The summed E-state index contributed by atoms with van der Waals surface area (Å²) in [5.41, 5.74) is 2.38. The number of carboxylic acids is 1. The smallest absolute Gasteiger partial charge is 0.320 e. The van der Waals surface area contributed by atoms with Crippen LogP contribution in [0.3, 0.4) is 0 Å². The van der Waals surface area contributed by atoms with E-state index >= 15 is 0 Å². The normalized spacial score (nSPS) is 16.4. The molecule has 1 aliphatic heterocycles. The molecule has 0 saturated carbocycles. The molecule has 1 aromatic rings. The lowest BCUT2D eigenvalue weighted by Crippen LogP contribution is -2.40. The summed E-state index contributed by atoms with van der Waals surface area (Å²) in [6.45, 7) is 6.92. The van der Waals surface area contributed by atoms with Crippen LogP contribution in [0.15, 0.2) is 18.2 Å². The summed E-state index contributed by atoms with van der Waals surface area (Å²) in [5, 5.41) is 12.7. The second kappa shape index (κ2) is 6.94. The molecule has 2 atom stereocenters. The summed E-state index contributed by atoms with van der Waals surface area (Å²) in [5.74, 6) is 0.543. The molecule has 2 unspecified atom stereocenters. The van der Waals surface area contributed by atoms with E-state index < -0.39 is 12.0 Å². The Hall–Kier alpha value is -1.55. The molecule has 0 saturated heterocycles. The lowest BCUT2D eigenvalue weighted by Gasteiger charge is -2.24. The minimum Gasteiger partial charge on any atom is -0.493 e. The van der Waals surface area contributed by atoms with Crippen LogP contribution < -0.4 is 10.1 Å². The van der Waals surface area contributed by atoms with Crippen molar-refractivity contribution in [3.8, 4) is 5.75 Å². The van der Waals surface area contributed by atoms with Gasteiger partial charge in [0.15, 0.2) is 0 Å². The number of carbonyl (C=O) groups is 1. The Morgan fingerprint density at radius 3 is 2.81 bits per heavy atom. The van der Waals surface area contributed by atoms with E-state index in [1.54, 1.807) is 0 Å². The van der Waals surface area contributed by atoms with E-state index in [1.807, 2.05) is 26.0 Å². The summed E-state index contributed by atoms with van der Waals surface area (Å²) in [6.07, 6.45) is 2.44. The second-order valence-corrected chi connectivity index (χ2v) is 6.11. The van der Waals surface area contributed by atoms with Crippen molar-refractivity contribution in [2.24, 2.45) is 5.92 Å². The molecule has 1 aliphatic rings. The largest absolute Gasteiger partial charge is 0.493 e. The van der Waals surface area contributed by atoms with Crippen molar-refractivity contribution < 1.29 is 14.6 Å². The number of ether oxygens (including phenoxy) is 1. The van der Waals surface area contributed by atoms with Crippen LogP contribution in [0.4, 0.5) is 0 Å². The van der Waals surface area contributed by atoms with Gasteiger partial charge >= 0.3 is 5.97 Å². The number of benzene rings is 1. The van der Waals surface area contributed by atoms with Gasteiger partial charge in [0.05, 0.1) is 6.61 Å². The molecule has 2 rings (SSSR count). The van der Waals surface area contributed by atoms with Gasteiger partial charge in [0.25, 0.3) is 0 Å². The van der Waals surface area contributed by atoms with Gasteiger partial charge in [0.1, 0.15) is 11.8 Å². The van der Waals surface area contributed by atoms with E-state index in [4.69, 9.17) is 4.74 Å². The fourth-order valence-electron chi connectivity index (χ4n) is 2.83. The third-order valence-corrected chi connectivity index (χ3v) is 3.93. The van der Waals surface area contributed by atoms with Crippen molar-refractivity contribution in [3.63, 3.8) is 0 Å². The van der Waals surface area contributed by atoms with E-state index in [0.29, 0.717) is 12.3 Å². The Labute approximate surface area is 126 Å². The molecule has 0 aliphatic carbocycles. The van der Waals surface area contributed by atoms with Crippen LogP contribution >= 0.6 is 0 Å². The van der Waals surface area contributed by atoms with Crippen LogP contribution in [0.2, 0.25) is 0 Å². The zero-order chi connectivity index (χ0) is 15.4. The molecule has 0 amide bonds. The van der Waals surface area contributed by atoms with Crippen molar-refractivity contribution in [1.82, 2.24) is 5.32 Å². The highest BCUT2D eigenvalue weighted by molar-refractivity contribution is 5.73. The topological polar surface area (TPSA) is 58.6 Å². The predicted molar refractivity (Wildman–Crippen MR) is 82.7 cm³/mol. The highest BCUT2D eigenvalue weighted by Crippen LogP contribution is 2.29. The first-order valence-electron chi connectivity index (χ1n) is 7.75. The molecular weight excluding hydrogens is 266 g/mol. The fraction of sp³-hybridized carbons (Fsp3) is 0.588. The molecule has 0 aromatic heterocycles. The van der Waals surface area contributed by atoms with Crippen molar-refractivity contribution in [3.05, 3.63) is 29.3 Å². The summed E-state index contributed by atoms with van der Waals surface area (Å²) in [7, 11) is 0. The minimum absolute atomic E-state index is 0.0655. The summed E-state index contributed by atoms with van der Waals surface area (Å²) < 4.78 is 5.52. The third-order valence-electron chi connectivity index (χ3n) is 3.93. The molecular formula is C17H25NO3. The zero-order valence-corrected chi connectivity index (χ0v) is 13.1. The highest BCUT2D eigenvalue weighted by Gasteiger charge is 2.23. The van der Waals surface area contributed by atoms with Crippen LogP contribution in [0, 0.1) is 5.92 Å². The molecule has 0 radical (unpaired) electrons. The molecule has 21 heavy (non-hydrogen) atoms. The van der Waals surface area contributed by atoms with Gasteiger partial charge in [-0.3, -0.25) is 10.1 Å². The number of aliphatic carboxylic acids is 1. The number of fused-ring (bicyclic) bond motifs is 1. The van der Waals surface area contributed by atoms with Crippen LogP contribution in [0.25, 0.3) is 0 Å². The van der Waals surface area contributed by atoms with Gasteiger partial charge in [-0.15, -0.1) is 0 Å². The number of rotatable bonds is 7. The minimum atomic E-state index is -0.772. The van der Waals surface area contributed by atoms with Crippen LogP contribution in [0.1, 0.15) is 50.8 Å². The Balaban J connectivity index is 2.13. The van der Waals surface area contributed by atoms with E-state index in [-0.39, 0.29) is 6.04 Å². The van der Waals surface area contributed by atoms with Crippen LogP contribution in [-0.4, -0.2) is 23.7 Å². The molecule has 0 fully saturated rings. The molecule has 1 aromatic carbocycles. The number of hydrogen-bond donors (Lipinski definition) is 2. The maximum absolute atomic E-state index is 11.4. The predicted octanol–water partition coefficient (Wildman–Crippen LogP) is 3.16. The quantitative estimate of drug-likeness (QED) is 0.810. The molecule has 2 N–H and O–H groups in total. The van der Waals surface area contributed by atoms with Gasteiger partial charge in [-0.2, -0.15) is 0 Å². The molecule has 4 heteroatoms. The zero-order valence-electron chi connectivity index (χ0n) is 13.1. The molecule has 0 spiro atoms. The van der Waals surface area contributed by atoms with Gasteiger partial charge < -0.3 is 9.84 Å². The Bertz CT molecular complexity index is 499. The van der Waals surface area contributed by atoms with Gasteiger partial charge in [-0.1, -0.05) is 32.9 Å². The van der Waals surface area contributed by atoms with E-state index in [9.17, 15) is 9.90 Å². The first-order chi connectivity index (χ1) is 10.0. The third kappa shape index (κ3) is 3.97. The molecule has 116 valence electrons. The van der Waals surface area contributed by atoms with Crippen LogP contribution in [0.5, 0.6) is 5.75 Å². The molecule has 0 bridgehead atoms. The fourth-order valence-corrected chi connectivity index (χ4v) is 2.83. The van der Waals surface area contributed by atoms with Crippen molar-refractivity contribution in [1.29, 1.82) is 0 Å². The lowest BCUT2D eigenvalue weighted by atomic mass is 9.97. The van der Waals surface area contributed by atoms with Gasteiger partial charge in [0, 0.05) is 12.5 Å². The lowest BCUT2D eigenvalue weighted by molar-refractivity contribution is -0.140. The second-order valence-electron chi connectivity index (χ2n) is 6.11. The average molecular weight is 291 g/mol. The van der Waals surface area contributed by atoms with E-state index in [0.717, 1.165) is 30.8 Å². The van der Waals surface area contributed by atoms with E-state index in [1.165, 1.54) is 5.56 Å². The van der Waals surface area contributed by atoms with Gasteiger partial charge in [-0.25, -0.2) is 0 Å². The maximum Gasteiger partial charge on any atom is 0.320 e. The van der Waals surface area contributed by atoms with Crippen molar-refractivity contribution in [2.45, 2.75) is 52.1 Å². The van der Waals surface area contributed by atoms with Crippen molar-refractivity contribution in [2.75, 3.05) is 6.61 Å². The summed E-state index contributed by atoms with van der Waals surface area (Å²) >= 11 is 0. The standard InChI is InChI=1S/C17H25NO3/c1-4-14(18-15(17(19)20)9-11(2)3)12-5-6-16-13(10-12)7-8-21-16/h5-6,10-11,14-15,18H,4,7-9H2,1-3H3,(H,19,20). The summed E-state index contributed by atoms with van der Waals surface area (Å²) in [6, 6.07) is 5.76.